The highest BCUT2D eigenvalue weighted by Gasteiger charge is 2.09. The topological polar surface area (TPSA) is 42.8 Å². The van der Waals surface area contributed by atoms with Gasteiger partial charge < -0.3 is 4.74 Å². The summed E-state index contributed by atoms with van der Waals surface area (Å²) in [7, 11) is 1.68. The molecule has 0 atom stereocenters. The molecule has 0 radical (unpaired) electrons. The Balaban J connectivity index is 2.37. The monoisotopic (exact) mass is 255 g/mol. The fraction of sp³-hybridized carbons (Fsp3) is 0.400. The normalized spacial score (nSPS) is 10.9. The van der Waals surface area contributed by atoms with Crippen LogP contribution in [0.5, 0.6) is 0 Å². The number of hydrogen-bond acceptors (Lipinski definition) is 4. The Morgan fingerprint density at radius 3 is 3.06 bits per heavy atom. The van der Waals surface area contributed by atoms with Crippen molar-refractivity contribution < 1.29 is 4.74 Å². The van der Waals surface area contributed by atoms with Crippen LogP contribution in [0.2, 0.25) is 0 Å². The minimum Gasteiger partial charge on any atom is -0.383 e. The second-order valence-electron chi connectivity index (χ2n) is 3.44. The van der Waals surface area contributed by atoms with Gasteiger partial charge in [-0.2, -0.15) is 5.10 Å². The summed E-state index contributed by atoms with van der Waals surface area (Å²) in [4.78, 5) is 1.27. The summed E-state index contributed by atoms with van der Waals surface area (Å²) >= 11 is 6.89. The van der Waals surface area contributed by atoms with E-state index in [1.54, 1.807) is 18.4 Å². The first kappa shape index (κ1) is 11.5. The number of aromatic nitrogens is 3. The van der Waals surface area contributed by atoms with Gasteiger partial charge in [-0.15, -0.1) is 11.3 Å². The van der Waals surface area contributed by atoms with Crippen LogP contribution in [0.3, 0.4) is 0 Å². The van der Waals surface area contributed by atoms with Gasteiger partial charge in [0, 0.05) is 22.9 Å². The van der Waals surface area contributed by atoms with Crippen molar-refractivity contribution in [2.24, 2.45) is 0 Å². The van der Waals surface area contributed by atoms with Crippen LogP contribution in [0.4, 0.5) is 0 Å². The van der Waals surface area contributed by atoms with Gasteiger partial charge in [0.1, 0.15) is 0 Å². The molecule has 0 saturated heterocycles. The van der Waals surface area contributed by atoms with Crippen LogP contribution in [0.15, 0.2) is 11.4 Å². The van der Waals surface area contributed by atoms with Crippen molar-refractivity contribution in [2.75, 3.05) is 13.7 Å². The predicted molar refractivity (Wildman–Crippen MR) is 67.3 cm³/mol. The van der Waals surface area contributed by atoms with Crippen LogP contribution in [0.1, 0.15) is 4.88 Å². The zero-order valence-corrected chi connectivity index (χ0v) is 10.8. The molecule has 0 amide bonds. The van der Waals surface area contributed by atoms with E-state index in [2.05, 4.69) is 28.6 Å². The van der Waals surface area contributed by atoms with Crippen LogP contribution in [-0.2, 0) is 11.3 Å². The molecular formula is C10H13N3OS2. The summed E-state index contributed by atoms with van der Waals surface area (Å²) in [5.74, 6) is 0.881. The average molecular weight is 255 g/mol. The lowest BCUT2D eigenvalue weighted by molar-refractivity contribution is 0.187. The minimum absolute atomic E-state index is 0.629. The molecule has 1 N–H and O–H groups in total. The van der Waals surface area contributed by atoms with Gasteiger partial charge in [-0.25, -0.2) is 0 Å². The van der Waals surface area contributed by atoms with Crippen LogP contribution >= 0.6 is 23.6 Å². The molecule has 0 saturated carbocycles. The van der Waals surface area contributed by atoms with Crippen molar-refractivity contribution in [1.29, 1.82) is 0 Å². The van der Waals surface area contributed by atoms with Crippen molar-refractivity contribution in [1.82, 2.24) is 14.8 Å². The van der Waals surface area contributed by atoms with Crippen LogP contribution in [0, 0.1) is 11.7 Å². The SMILES string of the molecule is COCCn1c(-c2csc(C)c2)n[nH]c1=S. The van der Waals surface area contributed by atoms with Gasteiger partial charge >= 0.3 is 0 Å². The molecule has 2 heterocycles. The highest BCUT2D eigenvalue weighted by molar-refractivity contribution is 7.71. The molecular weight excluding hydrogens is 242 g/mol. The highest BCUT2D eigenvalue weighted by atomic mass is 32.1. The number of aryl methyl sites for hydroxylation is 1. The zero-order chi connectivity index (χ0) is 11.5. The van der Waals surface area contributed by atoms with Gasteiger partial charge in [-0.3, -0.25) is 9.67 Å². The summed E-state index contributed by atoms with van der Waals surface area (Å²) in [6, 6.07) is 2.11. The van der Waals surface area contributed by atoms with Crippen molar-refractivity contribution in [3.63, 3.8) is 0 Å². The fourth-order valence-electron chi connectivity index (χ4n) is 1.49. The number of ether oxygens (including phenoxy) is 1. The molecule has 0 aliphatic heterocycles. The summed E-state index contributed by atoms with van der Waals surface area (Å²) in [6.45, 7) is 3.43. The van der Waals surface area contributed by atoms with Crippen LogP contribution in [-0.4, -0.2) is 28.5 Å². The molecule has 2 aromatic rings. The zero-order valence-electron chi connectivity index (χ0n) is 9.19. The Hall–Kier alpha value is -0.980. The lowest BCUT2D eigenvalue weighted by Gasteiger charge is -2.04. The summed E-state index contributed by atoms with van der Waals surface area (Å²) in [5, 5.41) is 9.15. The lowest BCUT2D eigenvalue weighted by atomic mass is 10.3. The first-order valence-electron chi connectivity index (χ1n) is 4.92. The Bertz CT molecular complexity index is 526. The van der Waals surface area contributed by atoms with Crippen molar-refractivity contribution >= 4 is 23.6 Å². The van der Waals surface area contributed by atoms with E-state index in [0.717, 1.165) is 17.9 Å². The van der Waals surface area contributed by atoms with E-state index in [-0.39, 0.29) is 0 Å². The lowest BCUT2D eigenvalue weighted by Crippen LogP contribution is -2.05. The van der Waals surface area contributed by atoms with E-state index in [0.29, 0.717) is 11.4 Å². The van der Waals surface area contributed by atoms with E-state index >= 15 is 0 Å². The largest absolute Gasteiger partial charge is 0.383 e. The third kappa shape index (κ3) is 2.23. The average Bonchev–Trinajstić information content (AvgIpc) is 2.82. The molecule has 0 bridgehead atoms. The smallest absolute Gasteiger partial charge is 0.195 e. The van der Waals surface area contributed by atoms with Gasteiger partial charge in [0.2, 0.25) is 0 Å². The maximum absolute atomic E-state index is 5.19. The maximum atomic E-state index is 5.19. The number of aromatic amines is 1. The summed E-state index contributed by atoms with van der Waals surface area (Å²) in [5.41, 5.74) is 1.10. The van der Waals surface area contributed by atoms with Gasteiger partial charge in [0.25, 0.3) is 0 Å². The number of nitrogens with zero attached hydrogens (tertiary/aromatic N) is 2. The molecule has 0 aliphatic carbocycles. The number of nitrogens with one attached hydrogen (secondary N) is 1. The fourth-order valence-corrected chi connectivity index (χ4v) is 2.39. The molecule has 0 aromatic carbocycles. The molecule has 4 nitrogen and oxygen atoms in total. The van der Waals surface area contributed by atoms with E-state index in [1.807, 2.05) is 4.57 Å². The van der Waals surface area contributed by atoms with Crippen molar-refractivity contribution in [2.45, 2.75) is 13.5 Å². The Morgan fingerprint density at radius 1 is 1.62 bits per heavy atom. The molecule has 6 heteroatoms. The first-order chi connectivity index (χ1) is 7.72. The Morgan fingerprint density at radius 2 is 2.44 bits per heavy atom. The van der Waals surface area contributed by atoms with E-state index < -0.39 is 0 Å². The van der Waals surface area contributed by atoms with Crippen LogP contribution in [0.25, 0.3) is 11.4 Å². The summed E-state index contributed by atoms with van der Waals surface area (Å²) < 4.78 is 7.65. The molecule has 16 heavy (non-hydrogen) atoms. The quantitative estimate of drug-likeness (QED) is 0.854. The minimum atomic E-state index is 0.629. The number of hydrogen-bond donors (Lipinski definition) is 1. The van der Waals surface area contributed by atoms with Gasteiger partial charge in [-0.05, 0) is 25.2 Å². The molecule has 0 fully saturated rings. The predicted octanol–water partition coefficient (Wildman–Crippen LogP) is 2.62. The van der Waals surface area contributed by atoms with Crippen LogP contribution < -0.4 is 0 Å². The molecule has 86 valence electrons. The third-order valence-corrected chi connectivity index (χ3v) is 3.44. The van der Waals surface area contributed by atoms with Gasteiger partial charge in [0.15, 0.2) is 10.6 Å². The number of rotatable bonds is 4. The number of thiophene rings is 1. The maximum Gasteiger partial charge on any atom is 0.195 e. The summed E-state index contributed by atoms with van der Waals surface area (Å²) in [6.07, 6.45) is 0. The second-order valence-corrected chi connectivity index (χ2v) is 4.94. The highest BCUT2D eigenvalue weighted by Crippen LogP contribution is 2.23. The van der Waals surface area contributed by atoms with Crippen molar-refractivity contribution in [3.8, 4) is 11.4 Å². The van der Waals surface area contributed by atoms with E-state index in [9.17, 15) is 0 Å². The number of methoxy groups -OCH3 is 1. The van der Waals surface area contributed by atoms with Gasteiger partial charge in [0.05, 0.1) is 13.2 Å². The van der Waals surface area contributed by atoms with Crippen molar-refractivity contribution in [3.05, 3.63) is 21.1 Å². The Kier molecular flexibility index (Phi) is 3.52. The van der Waals surface area contributed by atoms with E-state index in [4.69, 9.17) is 17.0 Å². The third-order valence-electron chi connectivity index (χ3n) is 2.27. The molecule has 2 aromatic heterocycles. The second kappa shape index (κ2) is 4.90. The molecule has 2 rings (SSSR count). The van der Waals surface area contributed by atoms with Gasteiger partial charge in [-0.1, -0.05) is 0 Å². The molecule has 0 unspecified atom stereocenters. The number of H-pyrrole nitrogens is 1. The standard InChI is InChI=1S/C10H13N3OS2/c1-7-5-8(6-16-7)9-11-12-10(15)13(9)3-4-14-2/h5-6H,3-4H2,1-2H3,(H,12,15). The Labute approximate surface area is 103 Å². The molecule has 0 aliphatic rings. The first-order valence-corrected chi connectivity index (χ1v) is 6.21. The van der Waals surface area contributed by atoms with E-state index in [1.165, 1.54) is 4.88 Å². The molecule has 0 spiro atoms.